The van der Waals surface area contributed by atoms with Crippen molar-refractivity contribution < 1.29 is 9.53 Å². The van der Waals surface area contributed by atoms with Crippen molar-refractivity contribution in [2.24, 2.45) is 0 Å². The van der Waals surface area contributed by atoms with E-state index in [2.05, 4.69) is 18.9 Å². The number of hydrogen-bond acceptors (Lipinski definition) is 3. The van der Waals surface area contributed by atoms with Crippen molar-refractivity contribution in [3.8, 4) is 0 Å². The molecule has 0 aromatic rings. The van der Waals surface area contributed by atoms with Gasteiger partial charge in [-0.1, -0.05) is 0 Å². The summed E-state index contributed by atoms with van der Waals surface area (Å²) < 4.78 is 5.38. The molecule has 0 radical (unpaired) electrons. The fourth-order valence-electron chi connectivity index (χ4n) is 2.00. The lowest BCUT2D eigenvalue weighted by Gasteiger charge is -2.36. The Balaban J connectivity index is 2.64. The molecular weight excluding hydrogens is 204 g/mol. The summed E-state index contributed by atoms with van der Waals surface area (Å²) in [6.45, 7) is 9.72. The molecule has 0 aliphatic carbocycles. The van der Waals surface area contributed by atoms with Crippen LogP contribution in [0.4, 0.5) is 4.79 Å². The molecule has 1 rings (SSSR count). The average molecular weight is 228 g/mol. The third-order valence-electron chi connectivity index (χ3n) is 3.12. The second-order valence-electron chi connectivity index (χ2n) is 6.02. The minimum absolute atomic E-state index is 0.100. The first kappa shape index (κ1) is 13.3. The largest absolute Gasteiger partial charge is 0.444 e. The third kappa shape index (κ3) is 3.11. The van der Waals surface area contributed by atoms with Gasteiger partial charge in [0, 0.05) is 20.1 Å². The van der Waals surface area contributed by atoms with Crippen molar-refractivity contribution in [2.75, 3.05) is 27.2 Å². The molecule has 1 heterocycles. The molecule has 16 heavy (non-hydrogen) atoms. The molecule has 0 bridgehead atoms. The van der Waals surface area contributed by atoms with Crippen LogP contribution in [0.25, 0.3) is 0 Å². The van der Waals surface area contributed by atoms with Crippen LogP contribution in [0.3, 0.4) is 0 Å². The van der Waals surface area contributed by atoms with E-state index in [4.69, 9.17) is 4.74 Å². The number of likely N-dealkylation sites (tertiary alicyclic amines) is 1. The zero-order valence-corrected chi connectivity index (χ0v) is 11.3. The molecule has 94 valence electrons. The predicted octanol–water partition coefficient (Wildman–Crippen LogP) is 1.95. The van der Waals surface area contributed by atoms with Gasteiger partial charge in [-0.25, -0.2) is 4.79 Å². The number of likely N-dealkylation sites (N-methyl/N-ethyl adjacent to an activating group) is 2. The van der Waals surface area contributed by atoms with E-state index in [1.54, 1.807) is 4.90 Å². The van der Waals surface area contributed by atoms with Gasteiger partial charge in [-0.05, 0) is 41.2 Å². The minimum Gasteiger partial charge on any atom is -0.444 e. The topological polar surface area (TPSA) is 32.8 Å². The first-order chi connectivity index (χ1) is 7.14. The van der Waals surface area contributed by atoms with Crippen molar-refractivity contribution in [3.63, 3.8) is 0 Å². The Hall–Kier alpha value is -0.770. The van der Waals surface area contributed by atoms with E-state index in [1.165, 1.54) is 0 Å². The fraction of sp³-hybridized carbons (Fsp3) is 0.917. The summed E-state index contributed by atoms with van der Waals surface area (Å²) in [5.41, 5.74) is -0.525. The minimum atomic E-state index is -0.424. The Morgan fingerprint density at radius 3 is 2.38 bits per heavy atom. The van der Waals surface area contributed by atoms with Gasteiger partial charge in [0.1, 0.15) is 5.60 Å². The Morgan fingerprint density at radius 2 is 2.00 bits per heavy atom. The van der Waals surface area contributed by atoms with Crippen molar-refractivity contribution >= 4 is 6.09 Å². The van der Waals surface area contributed by atoms with E-state index in [0.717, 1.165) is 19.5 Å². The second-order valence-corrected chi connectivity index (χ2v) is 6.02. The summed E-state index contributed by atoms with van der Waals surface area (Å²) in [6.07, 6.45) is 0.768. The zero-order valence-electron chi connectivity index (χ0n) is 11.3. The smallest absolute Gasteiger partial charge is 0.410 e. The van der Waals surface area contributed by atoms with Gasteiger partial charge >= 0.3 is 6.09 Å². The lowest BCUT2D eigenvalue weighted by Crippen LogP contribution is -2.50. The van der Waals surface area contributed by atoms with Crippen LogP contribution in [0.5, 0.6) is 0 Å². The molecule has 1 saturated heterocycles. The molecule has 4 heteroatoms. The number of carbonyl (C=O) groups is 1. The first-order valence-corrected chi connectivity index (χ1v) is 5.79. The molecule has 1 aliphatic rings. The van der Waals surface area contributed by atoms with Gasteiger partial charge in [0.25, 0.3) is 0 Å². The van der Waals surface area contributed by atoms with E-state index in [0.29, 0.717) is 0 Å². The predicted molar refractivity (Wildman–Crippen MR) is 64.5 cm³/mol. The maximum atomic E-state index is 11.9. The molecule has 0 N–H and O–H groups in total. The maximum Gasteiger partial charge on any atom is 0.410 e. The second kappa shape index (κ2) is 4.24. The molecule has 1 fully saturated rings. The van der Waals surface area contributed by atoms with Crippen LogP contribution in [0.2, 0.25) is 0 Å². The molecule has 0 spiro atoms. The molecule has 0 saturated carbocycles. The normalized spacial score (nSPS) is 26.9. The summed E-state index contributed by atoms with van der Waals surface area (Å²) in [6, 6.07) is 0. The van der Waals surface area contributed by atoms with Crippen LogP contribution in [-0.4, -0.2) is 54.2 Å². The number of rotatable bonds is 1. The fourth-order valence-corrected chi connectivity index (χ4v) is 2.00. The van der Waals surface area contributed by atoms with Crippen molar-refractivity contribution in [3.05, 3.63) is 0 Å². The van der Waals surface area contributed by atoms with Crippen molar-refractivity contribution in [1.29, 1.82) is 0 Å². The van der Waals surface area contributed by atoms with Crippen molar-refractivity contribution in [2.45, 2.75) is 45.3 Å². The van der Waals surface area contributed by atoms with Gasteiger partial charge in [0.15, 0.2) is 0 Å². The summed E-state index contributed by atoms with van der Waals surface area (Å²) in [5.74, 6) is 0. The van der Waals surface area contributed by atoms with Crippen LogP contribution in [0.1, 0.15) is 34.1 Å². The molecule has 1 aliphatic heterocycles. The van der Waals surface area contributed by atoms with Crippen LogP contribution < -0.4 is 0 Å². The van der Waals surface area contributed by atoms with Gasteiger partial charge in [-0.2, -0.15) is 0 Å². The number of ether oxygens (including phenoxy) is 1. The van der Waals surface area contributed by atoms with Crippen LogP contribution in [0.15, 0.2) is 0 Å². The molecule has 1 atom stereocenters. The number of hydrogen-bond donors (Lipinski definition) is 0. The zero-order chi connectivity index (χ0) is 12.6. The molecule has 1 amide bonds. The molecule has 0 aromatic carbocycles. The third-order valence-corrected chi connectivity index (χ3v) is 3.12. The summed E-state index contributed by atoms with van der Waals surface area (Å²) in [7, 11) is 3.90. The highest BCUT2D eigenvalue weighted by Gasteiger charge is 2.39. The SMILES string of the molecule is CN1CCC(C)(N(C)C(=O)OC(C)(C)C)C1. The van der Waals surface area contributed by atoms with Gasteiger partial charge in [0.2, 0.25) is 0 Å². The molecule has 1 unspecified atom stereocenters. The highest BCUT2D eigenvalue weighted by atomic mass is 16.6. The monoisotopic (exact) mass is 228 g/mol. The van der Waals surface area contributed by atoms with Gasteiger partial charge in [-0.3, -0.25) is 0 Å². The van der Waals surface area contributed by atoms with Crippen molar-refractivity contribution in [1.82, 2.24) is 9.80 Å². The van der Waals surface area contributed by atoms with Gasteiger partial charge < -0.3 is 14.5 Å². The van der Waals surface area contributed by atoms with Crippen LogP contribution in [0, 0.1) is 0 Å². The molecule has 0 aromatic heterocycles. The van der Waals surface area contributed by atoms with Gasteiger partial charge in [0.05, 0.1) is 5.54 Å². The standard InChI is InChI=1S/C12H24N2O2/c1-11(2,3)16-10(15)14(6)12(4)7-8-13(5)9-12/h7-9H2,1-6H3. The van der Waals surface area contributed by atoms with E-state index < -0.39 is 5.60 Å². The maximum absolute atomic E-state index is 11.9. The van der Waals surface area contributed by atoms with Gasteiger partial charge in [-0.15, -0.1) is 0 Å². The van der Waals surface area contributed by atoms with E-state index in [1.807, 2.05) is 27.8 Å². The number of amides is 1. The highest BCUT2D eigenvalue weighted by molar-refractivity contribution is 5.69. The number of carbonyl (C=O) groups excluding carboxylic acids is 1. The van der Waals surface area contributed by atoms with E-state index in [-0.39, 0.29) is 11.6 Å². The quantitative estimate of drug-likeness (QED) is 0.687. The Kier molecular flexibility index (Phi) is 3.53. The Bertz CT molecular complexity index is 273. The van der Waals surface area contributed by atoms with Crippen LogP contribution >= 0.6 is 0 Å². The van der Waals surface area contributed by atoms with E-state index in [9.17, 15) is 4.79 Å². The average Bonchev–Trinajstić information content (AvgIpc) is 2.43. The Morgan fingerprint density at radius 1 is 1.44 bits per heavy atom. The number of nitrogens with zero attached hydrogens (tertiary/aromatic N) is 2. The summed E-state index contributed by atoms with van der Waals surface area (Å²) in [4.78, 5) is 15.9. The highest BCUT2D eigenvalue weighted by Crippen LogP contribution is 2.26. The lowest BCUT2D eigenvalue weighted by atomic mass is 10.0. The molecule has 4 nitrogen and oxygen atoms in total. The van der Waals surface area contributed by atoms with E-state index >= 15 is 0 Å². The van der Waals surface area contributed by atoms with Crippen LogP contribution in [-0.2, 0) is 4.74 Å². The summed E-state index contributed by atoms with van der Waals surface area (Å²) >= 11 is 0. The summed E-state index contributed by atoms with van der Waals surface area (Å²) in [5, 5.41) is 0. The first-order valence-electron chi connectivity index (χ1n) is 5.79. The Labute approximate surface area is 98.5 Å². The molecular formula is C12H24N2O2. The lowest BCUT2D eigenvalue weighted by molar-refractivity contribution is 0.0100.